The zero-order valence-electron chi connectivity index (χ0n) is 8.52. The second-order valence-electron chi connectivity index (χ2n) is 3.57. The first-order chi connectivity index (χ1) is 7.33. The van der Waals surface area contributed by atoms with E-state index in [4.69, 9.17) is 0 Å². The second kappa shape index (κ2) is 4.17. The SMILES string of the molecule is C=CCC1CNC(=O)N1c1ccccc1. The van der Waals surface area contributed by atoms with E-state index in [1.54, 1.807) is 4.90 Å². The number of hydrogen-bond donors (Lipinski definition) is 1. The minimum absolute atomic E-state index is 0.0203. The molecule has 1 atom stereocenters. The van der Waals surface area contributed by atoms with E-state index in [2.05, 4.69) is 11.9 Å². The number of nitrogens with one attached hydrogen (secondary N) is 1. The Morgan fingerprint density at radius 1 is 1.47 bits per heavy atom. The molecule has 78 valence electrons. The number of carbonyl (C=O) groups excluding carboxylic acids is 1. The highest BCUT2D eigenvalue weighted by atomic mass is 16.2. The molecule has 1 aliphatic heterocycles. The molecule has 1 N–H and O–H groups in total. The van der Waals surface area contributed by atoms with Gasteiger partial charge in [-0.1, -0.05) is 24.3 Å². The fraction of sp³-hybridized carbons (Fsp3) is 0.250. The standard InChI is InChI=1S/C12H14N2O/c1-2-6-11-9-13-12(15)14(11)10-7-4-3-5-8-10/h2-5,7-8,11H,1,6,9H2,(H,13,15). The summed E-state index contributed by atoms with van der Waals surface area (Å²) in [6.45, 7) is 4.41. The summed E-state index contributed by atoms with van der Waals surface area (Å²) in [5, 5.41) is 2.84. The maximum Gasteiger partial charge on any atom is 0.322 e. The first-order valence-corrected chi connectivity index (χ1v) is 5.06. The molecule has 1 unspecified atom stereocenters. The van der Waals surface area contributed by atoms with E-state index in [9.17, 15) is 4.79 Å². The summed E-state index contributed by atoms with van der Waals surface area (Å²) >= 11 is 0. The lowest BCUT2D eigenvalue weighted by Crippen LogP contribution is -2.33. The highest BCUT2D eigenvalue weighted by molar-refractivity contribution is 5.94. The molecular weight excluding hydrogens is 188 g/mol. The predicted octanol–water partition coefficient (Wildman–Crippen LogP) is 2.16. The van der Waals surface area contributed by atoms with Crippen LogP contribution < -0.4 is 10.2 Å². The van der Waals surface area contributed by atoms with E-state index >= 15 is 0 Å². The Bertz CT molecular complexity index is 361. The molecule has 1 saturated heterocycles. The quantitative estimate of drug-likeness (QED) is 0.748. The van der Waals surface area contributed by atoms with Crippen molar-refractivity contribution in [2.75, 3.05) is 11.4 Å². The van der Waals surface area contributed by atoms with E-state index in [0.717, 1.165) is 12.1 Å². The minimum Gasteiger partial charge on any atom is -0.336 e. The summed E-state index contributed by atoms with van der Waals surface area (Å²) < 4.78 is 0. The first-order valence-electron chi connectivity index (χ1n) is 5.06. The molecule has 0 aromatic heterocycles. The number of hydrogen-bond acceptors (Lipinski definition) is 1. The molecular formula is C12H14N2O. The number of nitrogens with zero attached hydrogens (tertiary/aromatic N) is 1. The van der Waals surface area contributed by atoms with E-state index in [-0.39, 0.29) is 12.1 Å². The molecule has 0 spiro atoms. The largest absolute Gasteiger partial charge is 0.336 e. The van der Waals surface area contributed by atoms with Crippen LogP contribution in [0.1, 0.15) is 6.42 Å². The highest BCUT2D eigenvalue weighted by Gasteiger charge is 2.30. The van der Waals surface area contributed by atoms with Crippen LogP contribution in [0.3, 0.4) is 0 Å². The van der Waals surface area contributed by atoms with Crippen molar-refractivity contribution < 1.29 is 4.79 Å². The molecule has 1 aromatic rings. The lowest BCUT2D eigenvalue weighted by Gasteiger charge is -2.21. The van der Waals surface area contributed by atoms with E-state index in [1.807, 2.05) is 36.4 Å². The normalized spacial score (nSPS) is 20.1. The molecule has 0 saturated carbocycles. The smallest absolute Gasteiger partial charge is 0.322 e. The highest BCUT2D eigenvalue weighted by Crippen LogP contribution is 2.21. The molecule has 15 heavy (non-hydrogen) atoms. The third-order valence-electron chi connectivity index (χ3n) is 2.55. The third-order valence-corrected chi connectivity index (χ3v) is 2.55. The molecule has 1 aromatic carbocycles. The Kier molecular flexibility index (Phi) is 2.72. The van der Waals surface area contributed by atoms with Gasteiger partial charge in [0.2, 0.25) is 0 Å². The fourth-order valence-corrected chi connectivity index (χ4v) is 1.85. The second-order valence-corrected chi connectivity index (χ2v) is 3.57. The summed E-state index contributed by atoms with van der Waals surface area (Å²) in [7, 11) is 0. The maximum atomic E-state index is 11.6. The van der Waals surface area contributed by atoms with Crippen molar-refractivity contribution in [1.82, 2.24) is 5.32 Å². The van der Waals surface area contributed by atoms with Crippen molar-refractivity contribution in [3.63, 3.8) is 0 Å². The fourth-order valence-electron chi connectivity index (χ4n) is 1.85. The summed E-state index contributed by atoms with van der Waals surface area (Å²) in [4.78, 5) is 13.4. The maximum absolute atomic E-state index is 11.6. The van der Waals surface area contributed by atoms with Gasteiger partial charge in [0.05, 0.1) is 6.04 Å². The number of para-hydroxylation sites is 1. The van der Waals surface area contributed by atoms with Crippen molar-refractivity contribution in [1.29, 1.82) is 0 Å². The Balaban J connectivity index is 2.25. The van der Waals surface area contributed by atoms with Gasteiger partial charge in [-0.15, -0.1) is 6.58 Å². The number of anilines is 1. The van der Waals surface area contributed by atoms with E-state index in [1.165, 1.54) is 0 Å². The summed E-state index contributed by atoms with van der Waals surface area (Å²) in [6.07, 6.45) is 2.66. The number of carbonyl (C=O) groups is 1. The van der Waals surface area contributed by atoms with Gasteiger partial charge in [-0.25, -0.2) is 4.79 Å². The lowest BCUT2D eigenvalue weighted by atomic mass is 10.2. The van der Waals surface area contributed by atoms with Gasteiger partial charge in [0.25, 0.3) is 0 Å². The molecule has 0 aliphatic carbocycles. The Hall–Kier alpha value is -1.77. The van der Waals surface area contributed by atoms with Gasteiger partial charge >= 0.3 is 6.03 Å². The van der Waals surface area contributed by atoms with Crippen molar-refractivity contribution in [3.05, 3.63) is 43.0 Å². The molecule has 1 heterocycles. The van der Waals surface area contributed by atoms with E-state index < -0.39 is 0 Å². The number of benzene rings is 1. The molecule has 3 nitrogen and oxygen atoms in total. The van der Waals surface area contributed by atoms with Crippen LogP contribution >= 0.6 is 0 Å². The zero-order chi connectivity index (χ0) is 10.7. The molecule has 3 heteroatoms. The topological polar surface area (TPSA) is 32.3 Å². The van der Waals surface area contributed by atoms with Crippen LogP contribution in [0, 0.1) is 0 Å². The lowest BCUT2D eigenvalue weighted by molar-refractivity contribution is 0.251. The third kappa shape index (κ3) is 1.86. The number of amides is 2. The van der Waals surface area contributed by atoms with Gasteiger partial charge in [-0.2, -0.15) is 0 Å². The number of urea groups is 1. The molecule has 2 amide bonds. The van der Waals surface area contributed by atoms with Gasteiger partial charge in [0.1, 0.15) is 0 Å². The molecule has 1 aliphatic rings. The van der Waals surface area contributed by atoms with Crippen LogP contribution in [0.4, 0.5) is 10.5 Å². The number of rotatable bonds is 3. The summed E-state index contributed by atoms with van der Waals surface area (Å²) in [5.74, 6) is 0. The van der Waals surface area contributed by atoms with Crippen molar-refractivity contribution in [2.45, 2.75) is 12.5 Å². The monoisotopic (exact) mass is 202 g/mol. The van der Waals surface area contributed by atoms with Crippen molar-refractivity contribution in [3.8, 4) is 0 Å². The Labute approximate surface area is 89.4 Å². The Morgan fingerprint density at radius 2 is 2.20 bits per heavy atom. The van der Waals surface area contributed by atoms with Crippen LogP contribution in [0.15, 0.2) is 43.0 Å². The van der Waals surface area contributed by atoms with Gasteiger partial charge in [-0.05, 0) is 18.6 Å². The molecule has 0 radical (unpaired) electrons. The van der Waals surface area contributed by atoms with Crippen LogP contribution in [0.2, 0.25) is 0 Å². The summed E-state index contributed by atoms with van der Waals surface area (Å²) in [6, 6.07) is 9.88. The van der Waals surface area contributed by atoms with Crippen molar-refractivity contribution in [2.24, 2.45) is 0 Å². The van der Waals surface area contributed by atoms with Crippen LogP contribution in [-0.2, 0) is 0 Å². The average molecular weight is 202 g/mol. The average Bonchev–Trinajstić information content (AvgIpc) is 2.62. The first kappa shape index (κ1) is 9.77. The molecule has 0 bridgehead atoms. The Morgan fingerprint density at radius 3 is 2.87 bits per heavy atom. The molecule has 1 fully saturated rings. The van der Waals surface area contributed by atoms with Gasteiger partial charge in [0.15, 0.2) is 0 Å². The predicted molar refractivity (Wildman–Crippen MR) is 60.9 cm³/mol. The van der Waals surface area contributed by atoms with Crippen LogP contribution in [0.5, 0.6) is 0 Å². The minimum atomic E-state index is -0.0203. The van der Waals surface area contributed by atoms with Crippen LogP contribution in [-0.4, -0.2) is 18.6 Å². The van der Waals surface area contributed by atoms with Gasteiger partial charge in [-0.3, -0.25) is 4.90 Å². The van der Waals surface area contributed by atoms with E-state index in [0.29, 0.717) is 6.54 Å². The van der Waals surface area contributed by atoms with Gasteiger partial charge < -0.3 is 5.32 Å². The molecule has 2 rings (SSSR count). The van der Waals surface area contributed by atoms with Crippen molar-refractivity contribution >= 4 is 11.7 Å². The van der Waals surface area contributed by atoms with Gasteiger partial charge in [0, 0.05) is 12.2 Å². The summed E-state index contributed by atoms with van der Waals surface area (Å²) in [5.41, 5.74) is 0.944. The zero-order valence-corrected chi connectivity index (χ0v) is 8.52. The van der Waals surface area contributed by atoms with Crippen LogP contribution in [0.25, 0.3) is 0 Å².